The van der Waals surface area contributed by atoms with Gasteiger partial charge in [-0.3, -0.25) is 19.5 Å². The number of nitrogens with zero attached hydrogens (tertiary/aromatic N) is 4. The van der Waals surface area contributed by atoms with Gasteiger partial charge in [0.25, 0.3) is 5.78 Å². The average molecular weight is 617 g/mol. The van der Waals surface area contributed by atoms with Crippen LogP contribution in [-0.2, 0) is 15.3 Å². The molecule has 11 heteroatoms. The molecule has 0 saturated carbocycles. The quantitative estimate of drug-likeness (QED) is 0.0612. The minimum atomic E-state index is -0.975. The van der Waals surface area contributed by atoms with Crippen molar-refractivity contribution < 1.29 is 24.2 Å². The highest BCUT2D eigenvalue weighted by Crippen LogP contribution is 2.45. The van der Waals surface area contributed by atoms with E-state index in [1.807, 2.05) is 37.3 Å². The molecule has 2 aromatic carbocycles. The fraction of sp³-hybridized carbons (Fsp3) is 0.281. The number of benzene rings is 2. The predicted octanol–water partition coefficient (Wildman–Crippen LogP) is 6.68. The minimum absolute atomic E-state index is 0.0548. The van der Waals surface area contributed by atoms with Gasteiger partial charge in [-0.15, -0.1) is 10.2 Å². The highest BCUT2D eigenvalue weighted by atomic mass is 32.2. The number of carbonyl (C=O) groups excluding carboxylic acids is 2. The number of pyridine rings is 1. The average Bonchev–Trinajstić information content (AvgIpc) is 3.59. The van der Waals surface area contributed by atoms with Crippen molar-refractivity contribution in [3.63, 3.8) is 0 Å². The number of hydrogen-bond donors (Lipinski definition) is 1. The summed E-state index contributed by atoms with van der Waals surface area (Å²) >= 11 is 2.71. The van der Waals surface area contributed by atoms with E-state index in [0.29, 0.717) is 51.9 Å². The SMILES string of the molecule is CCOc1cc(C2C(=C(O)c3ccncc3)C(=O)C(=O)N2c2nnc(SCc3ccccc3)s2)ccc1OCCC(C)C. The third-order valence-corrected chi connectivity index (χ3v) is 8.87. The van der Waals surface area contributed by atoms with Crippen molar-refractivity contribution in [3.8, 4) is 11.5 Å². The molecule has 5 rings (SSSR count). The van der Waals surface area contributed by atoms with E-state index in [-0.39, 0.29) is 16.5 Å². The fourth-order valence-corrected chi connectivity index (χ4v) is 6.40. The van der Waals surface area contributed by atoms with Crippen LogP contribution in [0.2, 0.25) is 0 Å². The van der Waals surface area contributed by atoms with E-state index in [1.54, 1.807) is 30.3 Å². The Hall–Kier alpha value is -4.22. The summed E-state index contributed by atoms with van der Waals surface area (Å²) in [4.78, 5) is 32.5. The van der Waals surface area contributed by atoms with E-state index in [4.69, 9.17) is 9.47 Å². The summed E-state index contributed by atoms with van der Waals surface area (Å²) in [6.45, 7) is 7.03. The summed E-state index contributed by atoms with van der Waals surface area (Å²) in [5.41, 5.74) is 2.00. The van der Waals surface area contributed by atoms with Gasteiger partial charge in [0.1, 0.15) is 5.76 Å². The van der Waals surface area contributed by atoms with Gasteiger partial charge in [0.05, 0.1) is 24.8 Å². The van der Waals surface area contributed by atoms with Crippen LogP contribution >= 0.6 is 23.1 Å². The number of amides is 1. The Balaban J connectivity index is 1.55. The van der Waals surface area contributed by atoms with Crippen molar-refractivity contribution in [1.82, 2.24) is 15.2 Å². The number of rotatable bonds is 12. The molecule has 1 aliphatic heterocycles. The number of ether oxygens (including phenoxy) is 2. The van der Waals surface area contributed by atoms with E-state index in [1.165, 1.54) is 40.4 Å². The van der Waals surface area contributed by atoms with Crippen molar-refractivity contribution in [1.29, 1.82) is 0 Å². The number of aliphatic hydroxyl groups excluding tert-OH is 1. The van der Waals surface area contributed by atoms with Gasteiger partial charge in [-0.1, -0.05) is 73.3 Å². The molecule has 43 heavy (non-hydrogen) atoms. The summed E-state index contributed by atoms with van der Waals surface area (Å²) < 4.78 is 12.6. The molecule has 1 saturated heterocycles. The lowest BCUT2D eigenvalue weighted by Gasteiger charge is -2.23. The van der Waals surface area contributed by atoms with Gasteiger partial charge in [0.2, 0.25) is 5.13 Å². The largest absolute Gasteiger partial charge is 0.507 e. The topological polar surface area (TPSA) is 115 Å². The smallest absolute Gasteiger partial charge is 0.301 e. The molecular formula is C32H32N4O5S2. The number of carbonyl (C=O) groups is 2. The normalized spacial score (nSPS) is 16.2. The van der Waals surface area contributed by atoms with Crippen LogP contribution in [0.1, 0.15) is 49.9 Å². The van der Waals surface area contributed by atoms with Crippen molar-refractivity contribution >= 4 is 45.7 Å². The molecule has 1 unspecified atom stereocenters. The highest BCUT2D eigenvalue weighted by molar-refractivity contribution is 8.00. The van der Waals surface area contributed by atoms with Crippen LogP contribution in [0.15, 0.2) is 83.0 Å². The summed E-state index contributed by atoms with van der Waals surface area (Å²) in [5.74, 6) is 0.282. The maximum absolute atomic E-state index is 13.6. The molecule has 222 valence electrons. The Kier molecular flexibility index (Phi) is 9.73. The van der Waals surface area contributed by atoms with Crippen LogP contribution in [0.25, 0.3) is 5.76 Å². The predicted molar refractivity (Wildman–Crippen MR) is 167 cm³/mol. The second-order valence-corrected chi connectivity index (χ2v) is 12.4. The van der Waals surface area contributed by atoms with Gasteiger partial charge in [0, 0.05) is 23.7 Å². The second-order valence-electron chi connectivity index (χ2n) is 10.2. The number of hydrogen-bond acceptors (Lipinski definition) is 10. The van der Waals surface area contributed by atoms with Crippen molar-refractivity contribution in [2.45, 2.75) is 43.3 Å². The van der Waals surface area contributed by atoms with Gasteiger partial charge in [-0.05, 0) is 54.7 Å². The molecular weight excluding hydrogens is 585 g/mol. The van der Waals surface area contributed by atoms with Gasteiger partial charge >= 0.3 is 5.91 Å². The van der Waals surface area contributed by atoms with E-state index in [2.05, 4.69) is 29.0 Å². The third-order valence-electron chi connectivity index (χ3n) is 6.74. The van der Waals surface area contributed by atoms with E-state index >= 15 is 0 Å². The summed E-state index contributed by atoms with van der Waals surface area (Å²) in [6, 6.07) is 17.5. The molecule has 4 aromatic rings. The lowest BCUT2D eigenvalue weighted by atomic mass is 9.95. The molecule has 0 radical (unpaired) electrons. The molecule has 0 spiro atoms. The molecule has 1 N–H and O–H groups in total. The third kappa shape index (κ3) is 6.89. The molecule has 1 atom stereocenters. The van der Waals surface area contributed by atoms with Gasteiger partial charge in [-0.25, -0.2) is 0 Å². The van der Waals surface area contributed by atoms with E-state index in [9.17, 15) is 14.7 Å². The molecule has 0 bridgehead atoms. The van der Waals surface area contributed by atoms with Crippen molar-refractivity contribution in [2.75, 3.05) is 18.1 Å². The Bertz CT molecular complexity index is 1610. The number of aliphatic hydroxyl groups is 1. The van der Waals surface area contributed by atoms with Crippen molar-refractivity contribution in [2.24, 2.45) is 5.92 Å². The Morgan fingerprint density at radius 1 is 1.02 bits per heavy atom. The monoisotopic (exact) mass is 616 g/mol. The molecule has 1 aliphatic rings. The molecule has 0 aliphatic carbocycles. The Labute approximate surface area is 258 Å². The standard InChI is InChI=1S/C32H32N4O5S2/c1-4-40-25-18-23(10-11-24(25)41-17-14-20(2)3)27-26(28(37)22-12-15-33-16-13-22)29(38)30(39)36(27)31-34-35-32(43-31)42-19-21-8-6-5-7-9-21/h5-13,15-16,18,20,27,37H,4,14,17,19H2,1-3H3. The Morgan fingerprint density at radius 3 is 2.51 bits per heavy atom. The number of thioether (sulfide) groups is 1. The number of ketones is 1. The van der Waals surface area contributed by atoms with Crippen LogP contribution in [0.4, 0.5) is 5.13 Å². The van der Waals surface area contributed by atoms with Crippen LogP contribution < -0.4 is 14.4 Å². The van der Waals surface area contributed by atoms with Crippen LogP contribution in [0.3, 0.4) is 0 Å². The Morgan fingerprint density at radius 2 is 1.79 bits per heavy atom. The van der Waals surface area contributed by atoms with E-state index < -0.39 is 17.7 Å². The lowest BCUT2D eigenvalue weighted by molar-refractivity contribution is -0.132. The van der Waals surface area contributed by atoms with Crippen LogP contribution in [0.5, 0.6) is 11.5 Å². The van der Waals surface area contributed by atoms with Crippen LogP contribution in [0, 0.1) is 5.92 Å². The molecule has 2 aromatic heterocycles. The summed E-state index contributed by atoms with van der Waals surface area (Å²) in [5, 5.41) is 20.2. The lowest BCUT2D eigenvalue weighted by Crippen LogP contribution is -2.29. The molecule has 3 heterocycles. The summed E-state index contributed by atoms with van der Waals surface area (Å²) in [6.07, 6.45) is 3.90. The van der Waals surface area contributed by atoms with E-state index in [0.717, 1.165) is 12.0 Å². The fourth-order valence-electron chi connectivity index (χ4n) is 4.57. The maximum atomic E-state index is 13.6. The zero-order valence-electron chi connectivity index (χ0n) is 24.1. The second kappa shape index (κ2) is 13.8. The summed E-state index contributed by atoms with van der Waals surface area (Å²) in [7, 11) is 0. The van der Waals surface area contributed by atoms with Crippen molar-refractivity contribution in [3.05, 3.63) is 95.3 Å². The maximum Gasteiger partial charge on any atom is 0.301 e. The first-order chi connectivity index (χ1) is 20.9. The zero-order valence-corrected chi connectivity index (χ0v) is 25.7. The first-order valence-electron chi connectivity index (χ1n) is 14.0. The molecule has 1 amide bonds. The highest BCUT2D eigenvalue weighted by Gasteiger charge is 2.48. The molecule has 9 nitrogen and oxygen atoms in total. The van der Waals surface area contributed by atoms with Gasteiger partial charge in [0.15, 0.2) is 15.8 Å². The number of Topliss-reactive ketones (excluding diaryl/α,β-unsaturated/α-hetero) is 1. The van der Waals surface area contributed by atoms with Gasteiger partial charge in [-0.2, -0.15) is 0 Å². The number of aromatic nitrogens is 3. The molecule has 1 fully saturated rings. The van der Waals surface area contributed by atoms with Gasteiger partial charge < -0.3 is 14.6 Å². The first kappa shape index (κ1) is 30.2. The minimum Gasteiger partial charge on any atom is -0.507 e. The van der Waals surface area contributed by atoms with Crippen LogP contribution in [-0.4, -0.2) is 45.2 Å². The first-order valence-corrected chi connectivity index (χ1v) is 15.8. The zero-order chi connectivity index (χ0) is 30.3. The number of anilines is 1.